The molecule has 24 heavy (non-hydrogen) atoms. The van der Waals surface area contributed by atoms with Crippen molar-refractivity contribution in [1.29, 1.82) is 0 Å². The van der Waals surface area contributed by atoms with Gasteiger partial charge in [0.1, 0.15) is 6.61 Å². The molecule has 6 nitrogen and oxygen atoms in total. The Kier molecular flexibility index (Phi) is 7.85. The highest BCUT2D eigenvalue weighted by atomic mass is 35.6. The first-order valence-electron chi connectivity index (χ1n) is 6.99. The average molecular weight is 417 g/mol. The van der Waals surface area contributed by atoms with Gasteiger partial charge in [0.05, 0.1) is 0 Å². The molecule has 0 saturated carbocycles. The van der Waals surface area contributed by atoms with Gasteiger partial charge in [-0.25, -0.2) is 14.1 Å². The lowest BCUT2D eigenvalue weighted by Gasteiger charge is -2.39. The van der Waals surface area contributed by atoms with Gasteiger partial charge in [0.2, 0.25) is 11.2 Å². The number of amides is 1. The van der Waals surface area contributed by atoms with Crippen LogP contribution in [0.1, 0.15) is 5.56 Å². The largest absolute Gasteiger partial charge is 0.445 e. The molecule has 0 fully saturated rings. The van der Waals surface area contributed by atoms with Gasteiger partial charge in [0, 0.05) is 0 Å². The summed E-state index contributed by atoms with van der Waals surface area (Å²) in [6.07, 6.45) is -0.820. The van der Waals surface area contributed by atoms with Crippen LogP contribution in [-0.4, -0.2) is 53.2 Å². The van der Waals surface area contributed by atoms with Crippen molar-refractivity contribution in [3.05, 3.63) is 35.9 Å². The summed E-state index contributed by atoms with van der Waals surface area (Å²) in [5.74, 6) is -1.27. The lowest BCUT2D eigenvalue weighted by atomic mass is 10.2. The summed E-state index contributed by atoms with van der Waals surface area (Å²) in [7, 11) is 2.95. The van der Waals surface area contributed by atoms with E-state index in [0.717, 1.165) is 5.56 Å². The van der Waals surface area contributed by atoms with Crippen LogP contribution < -0.4 is 5.32 Å². The lowest BCUT2D eigenvalue weighted by Crippen LogP contribution is -2.48. The fourth-order valence-electron chi connectivity index (χ4n) is 2.05. The van der Waals surface area contributed by atoms with E-state index in [-0.39, 0.29) is 6.61 Å². The van der Waals surface area contributed by atoms with Crippen molar-refractivity contribution in [1.82, 2.24) is 14.7 Å². The van der Waals surface area contributed by atoms with Gasteiger partial charge < -0.3 is 10.1 Å². The Labute approximate surface area is 157 Å². The zero-order valence-corrected chi connectivity index (χ0v) is 17.0. The first kappa shape index (κ1) is 21.6. The number of nitrogens with one attached hydrogen (secondary N) is 1. The average Bonchev–Trinajstić information content (AvgIpc) is 2.49. The fraction of sp³-hybridized carbons (Fsp3) is 0.500. The molecular weight excluding hydrogens is 396 g/mol. The van der Waals surface area contributed by atoms with Crippen LogP contribution >= 0.6 is 42.2 Å². The van der Waals surface area contributed by atoms with E-state index in [1.807, 2.05) is 30.3 Å². The third kappa shape index (κ3) is 5.51. The Hall–Kier alpha value is -0.490. The molecule has 1 aromatic rings. The molecule has 1 amide bonds. The number of benzene rings is 1. The number of carbonyl (C=O) groups is 1. The molecule has 0 aromatic heterocycles. The number of halogens is 3. The van der Waals surface area contributed by atoms with E-state index in [0.29, 0.717) is 0 Å². The van der Waals surface area contributed by atoms with Gasteiger partial charge in [0.15, 0.2) is 5.78 Å². The van der Waals surface area contributed by atoms with Gasteiger partial charge in [-0.1, -0.05) is 65.1 Å². The number of alkyl halides is 3. The van der Waals surface area contributed by atoms with Gasteiger partial charge in [0.25, 0.3) is 0 Å². The minimum absolute atomic E-state index is 0.0491. The minimum Gasteiger partial charge on any atom is -0.445 e. The summed E-state index contributed by atoms with van der Waals surface area (Å²) in [6, 6.07) is 9.13. The summed E-state index contributed by atoms with van der Waals surface area (Å²) in [6.45, 7) is 0.0491. The second kappa shape index (κ2) is 8.75. The summed E-state index contributed by atoms with van der Waals surface area (Å²) < 4.78 is 19.3. The van der Waals surface area contributed by atoms with Crippen LogP contribution in [0.2, 0.25) is 0 Å². The Balaban J connectivity index is 2.91. The summed E-state index contributed by atoms with van der Waals surface area (Å²) in [5.41, 5.74) is 0.807. The van der Waals surface area contributed by atoms with Crippen molar-refractivity contribution in [3.63, 3.8) is 0 Å². The van der Waals surface area contributed by atoms with Crippen molar-refractivity contribution in [2.24, 2.45) is 0 Å². The quantitative estimate of drug-likeness (QED) is 0.562. The van der Waals surface area contributed by atoms with Crippen molar-refractivity contribution >= 4 is 48.3 Å². The van der Waals surface area contributed by atoms with Crippen LogP contribution in [0.3, 0.4) is 0 Å². The van der Waals surface area contributed by atoms with Crippen LogP contribution in [0.5, 0.6) is 0 Å². The van der Waals surface area contributed by atoms with E-state index in [1.54, 1.807) is 28.2 Å². The zero-order valence-electron chi connectivity index (χ0n) is 13.9. The molecule has 0 saturated heterocycles. The maximum absolute atomic E-state index is 13.3. The molecule has 0 aliphatic rings. The highest BCUT2D eigenvalue weighted by Gasteiger charge is 2.50. The van der Waals surface area contributed by atoms with Gasteiger partial charge >= 0.3 is 6.09 Å². The first-order chi connectivity index (χ1) is 11.0. The third-order valence-corrected chi connectivity index (χ3v) is 7.85. The van der Waals surface area contributed by atoms with E-state index in [4.69, 9.17) is 39.5 Å². The van der Waals surface area contributed by atoms with Crippen molar-refractivity contribution in [2.75, 3.05) is 28.2 Å². The minimum atomic E-state index is -3.39. The maximum Gasteiger partial charge on any atom is 0.408 e. The summed E-state index contributed by atoms with van der Waals surface area (Å²) in [5, 5.41) is 2.43. The number of ether oxygens (including phenoxy) is 1. The van der Waals surface area contributed by atoms with E-state index in [1.165, 1.54) is 9.34 Å². The van der Waals surface area contributed by atoms with E-state index in [9.17, 15) is 9.36 Å². The summed E-state index contributed by atoms with van der Waals surface area (Å²) >= 11 is 17.9. The Morgan fingerprint density at radius 2 is 1.67 bits per heavy atom. The standard InChI is InChI=1S/C14H21Cl3N3O3P/c1-19(2)24(22,20(3)4)12(14(15,16)17)18-13(21)23-10-11-8-6-5-7-9-11/h5-9,12H,10H2,1-4H3,(H,18,21). The highest BCUT2D eigenvalue weighted by Crippen LogP contribution is 2.59. The molecule has 0 spiro atoms. The monoisotopic (exact) mass is 415 g/mol. The molecular formula is C14H21Cl3N3O3P. The molecule has 0 aliphatic carbocycles. The Bertz CT molecular complexity index is 582. The highest BCUT2D eigenvalue weighted by molar-refractivity contribution is 7.60. The fourth-order valence-corrected chi connectivity index (χ4v) is 5.65. The second-order valence-corrected chi connectivity index (χ2v) is 11.1. The number of hydrogen-bond donors (Lipinski definition) is 1. The topological polar surface area (TPSA) is 61.9 Å². The van der Waals surface area contributed by atoms with Crippen LogP contribution in [0, 0.1) is 0 Å². The molecule has 136 valence electrons. The smallest absolute Gasteiger partial charge is 0.408 e. The maximum atomic E-state index is 13.3. The normalized spacial score (nSPS) is 13.9. The van der Waals surface area contributed by atoms with Gasteiger partial charge in [-0.2, -0.15) is 0 Å². The Morgan fingerprint density at radius 3 is 2.08 bits per heavy atom. The Morgan fingerprint density at radius 1 is 1.17 bits per heavy atom. The molecule has 10 heteroatoms. The van der Waals surface area contributed by atoms with Crippen LogP contribution in [0.25, 0.3) is 0 Å². The third-order valence-electron chi connectivity index (χ3n) is 3.26. The van der Waals surface area contributed by atoms with Crippen LogP contribution in [-0.2, 0) is 15.9 Å². The van der Waals surface area contributed by atoms with E-state index >= 15 is 0 Å². The molecule has 0 heterocycles. The van der Waals surface area contributed by atoms with Gasteiger partial charge in [-0.3, -0.25) is 4.57 Å². The van der Waals surface area contributed by atoms with Crippen molar-refractivity contribution in [2.45, 2.75) is 16.2 Å². The summed E-state index contributed by atoms with van der Waals surface area (Å²) in [4.78, 5) is 12.1. The molecule has 1 unspecified atom stereocenters. The van der Waals surface area contributed by atoms with E-state index < -0.39 is 23.1 Å². The van der Waals surface area contributed by atoms with Crippen molar-refractivity contribution in [3.8, 4) is 0 Å². The SMILES string of the molecule is CN(C)P(=O)(C(NC(=O)OCc1ccccc1)C(Cl)(Cl)Cl)N(C)C. The molecule has 0 aliphatic heterocycles. The van der Waals surface area contributed by atoms with Crippen molar-refractivity contribution < 1.29 is 14.1 Å². The predicted octanol–water partition coefficient (Wildman–Crippen LogP) is 3.93. The molecule has 1 rings (SSSR count). The number of hydrogen-bond acceptors (Lipinski definition) is 3. The molecule has 1 atom stereocenters. The zero-order chi connectivity index (χ0) is 18.5. The number of carbonyl (C=O) groups excluding carboxylic acids is 1. The number of nitrogens with zero attached hydrogens (tertiary/aromatic N) is 2. The number of alkyl carbamates (subject to hydrolysis) is 1. The molecule has 1 N–H and O–H groups in total. The second-order valence-electron chi connectivity index (χ2n) is 5.43. The molecule has 1 aromatic carbocycles. The van der Waals surface area contributed by atoms with E-state index in [2.05, 4.69) is 5.32 Å². The van der Waals surface area contributed by atoms with Crippen LogP contribution in [0.4, 0.5) is 4.79 Å². The molecule has 0 bridgehead atoms. The van der Waals surface area contributed by atoms with Gasteiger partial charge in [-0.15, -0.1) is 0 Å². The predicted molar refractivity (Wildman–Crippen MR) is 98.8 cm³/mol. The number of rotatable bonds is 6. The van der Waals surface area contributed by atoms with Crippen LogP contribution in [0.15, 0.2) is 30.3 Å². The first-order valence-corrected chi connectivity index (χ1v) is 9.80. The molecule has 0 radical (unpaired) electrons. The van der Waals surface area contributed by atoms with Gasteiger partial charge in [-0.05, 0) is 33.8 Å². The lowest BCUT2D eigenvalue weighted by molar-refractivity contribution is 0.138.